The molecule has 0 atom stereocenters. The van der Waals surface area contributed by atoms with E-state index in [2.05, 4.69) is 19.6 Å². The molecule has 4 rings (SSSR count). The molecule has 0 amide bonds. The van der Waals surface area contributed by atoms with Crippen LogP contribution in [0.5, 0.6) is 5.75 Å². The van der Waals surface area contributed by atoms with Gasteiger partial charge in [0.1, 0.15) is 11.6 Å². The summed E-state index contributed by atoms with van der Waals surface area (Å²) < 4.78 is 28.6. The second-order valence-corrected chi connectivity index (χ2v) is 6.05. The average Bonchev–Trinajstić information content (AvgIpc) is 2.94. The molecule has 1 aromatic heterocycles. The van der Waals surface area contributed by atoms with E-state index in [4.69, 9.17) is 0 Å². The number of nitrogens with zero attached hydrogens (tertiary/aromatic N) is 2. The number of para-hydroxylation sites is 2. The summed E-state index contributed by atoms with van der Waals surface area (Å²) in [4.78, 5) is 10.3. The summed E-state index contributed by atoms with van der Waals surface area (Å²) in [5, 5.41) is 0. The van der Waals surface area contributed by atoms with Crippen molar-refractivity contribution in [2.45, 2.75) is 19.1 Å². The first-order chi connectivity index (χ1) is 11.7. The Hall–Kier alpha value is -2.47. The second-order valence-electron chi connectivity index (χ2n) is 6.05. The van der Waals surface area contributed by atoms with Gasteiger partial charge in [0.05, 0.1) is 11.0 Å². The van der Waals surface area contributed by atoms with Gasteiger partial charge in [-0.25, -0.2) is 4.98 Å². The fourth-order valence-electron chi connectivity index (χ4n) is 3.07. The van der Waals surface area contributed by atoms with Gasteiger partial charge < -0.3 is 9.72 Å². The molecular formula is C18H17F2N3O. The van der Waals surface area contributed by atoms with Crippen molar-refractivity contribution in [3.63, 3.8) is 0 Å². The number of halogens is 2. The molecule has 124 valence electrons. The Bertz CT molecular complexity index is 793. The summed E-state index contributed by atoms with van der Waals surface area (Å²) in [6, 6.07) is 14.8. The Balaban J connectivity index is 1.34. The lowest BCUT2D eigenvalue weighted by Gasteiger charge is -2.38. The standard InChI is InChI=1S/C18H17F2N3O/c19-18(20)24-14-7-5-12(6-8-14)9-23-10-13(11-23)17-21-15-3-1-2-4-16(15)22-17/h1-8,13,18H,9-11H2,(H,21,22). The number of ether oxygens (including phenoxy) is 1. The zero-order valence-corrected chi connectivity index (χ0v) is 13.0. The van der Waals surface area contributed by atoms with Crippen LogP contribution in [0.15, 0.2) is 48.5 Å². The smallest absolute Gasteiger partial charge is 0.387 e. The Morgan fingerprint density at radius 1 is 1.12 bits per heavy atom. The summed E-state index contributed by atoms with van der Waals surface area (Å²) >= 11 is 0. The first kappa shape index (κ1) is 15.1. The van der Waals surface area contributed by atoms with Gasteiger partial charge in [-0.1, -0.05) is 24.3 Å². The van der Waals surface area contributed by atoms with Gasteiger partial charge in [0.25, 0.3) is 0 Å². The van der Waals surface area contributed by atoms with Gasteiger partial charge >= 0.3 is 6.61 Å². The average molecular weight is 329 g/mol. The largest absolute Gasteiger partial charge is 0.435 e. The van der Waals surface area contributed by atoms with E-state index in [0.717, 1.165) is 42.1 Å². The molecule has 0 bridgehead atoms. The molecule has 1 fully saturated rings. The zero-order valence-electron chi connectivity index (χ0n) is 13.0. The molecule has 1 saturated heterocycles. The summed E-state index contributed by atoms with van der Waals surface area (Å²) in [7, 11) is 0. The third-order valence-electron chi connectivity index (χ3n) is 4.31. The summed E-state index contributed by atoms with van der Waals surface area (Å²) in [5.74, 6) is 1.64. The quantitative estimate of drug-likeness (QED) is 0.775. The first-order valence-corrected chi connectivity index (χ1v) is 7.88. The van der Waals surface area contributed by atoms with Crippen LogP contribution in [0.25, 0.3) is 11.0 Å². The highest BCUT2D eigenvalue weighted by Crippen LogP contribution is 2.28. The second kappa shape index (κ2) is 6.20. The van der Waals surface area contributed by atoms with Crippen molar-refractivity contribution in [1.29, 1.82) is 0 Å². The molecule has 2 heterocycles. The lowest BCUT2D eigenvalue weighted by molar-refractivity contribution is -0.0498. The normalized spacial score (nSPS) is 15.8. The molecular weight excluding hydrogens is 312 g/mol. The molecule has 0 unspecified atom stereocenters. The van der Waals surface area contributed by atoms with E-state index >= 15 is 0 Å². The van der Waals surface area contributed by atoms with E-state index in [1.54, 1.807) is 12.1 Å². The minimum atomic E-state index is -2.78. The number of benzene rings is 2. The van der Waals surface area contributed by atoms with Gasteiger partial charge in [-0.05, 0) is 29.8 Å². The minimum absolute atomic E-state index is 0.192. The number of hydrogen-bond acceptors (Lipinski definition) is 3. The number of hydrogen-bond donors (Lipinski definition) is 1. The van der Waals surface area contributed by atoms with Crippen LogP contribution in [-0.2, 0) is 6.54 Å². The monoisotopic (exact) mass is 329 g/mol. The van der Waals surface area contributed by atoms with Gasteiger partial charge in [0, 0.05) is 25.6 Å². The number of imidazole rings is 1. The number of aromatic amines is 1. The molecule has 0 saturated carbocycles. The number of rotatable bonds is 5. The van der Waals surface area contributed by atoms with Crippen LogP contribution in [0, 0.1) is 0 Å². The Morgan fingerprint density at radius 3 is 2.58 bits per heavy atom. The van der Waals surface area contributed by atoms with Crippen molar-refractivity contribution >= 4 is 11.0 Å². The fraction of sp³-hybridized carbons (Fsp3) is 0.278. The third kappa shape index (κ3) is 3.10. The first-order valence-electron chi connectivity index (χ1n) is 7.88. The van der Waals surface area contributed by atoms with Crippen molar-refractivity contribution in [3.05, 3.63) is 59.9 Å². The molecule has 24 heavy (non-hydrogen) atoms. The topological polar surface area (TPSA) is 41.1 Å². The van der Waals surface area contributed by atoms with Gasteiger partial charge in [-0.2, -0.15) is 8.78 Å². The molecule has 2 aromatic carbocycles. The van der Waals surface area contributed by atoms with Crippen LogP contribution in [-0.4, -0.2) is 34.6 Å². The van der Waals surface area contributed by atoms with Gasteiger partial charge in [0.2, 0.25) is 0 Å². The number of aromatic nitrogens is 2. The molecule has 1 aliphatic heterocycles. The molecule has 3 aromatic rings. The van der Waals surface area contributed by atoms with Crippen LogP contribution in [0.1, 0.15) is 17.3 Å². The van der Waals surface area contributed by atoms with E-state index < -0.39 is 6.61 Å². The highest BCUT2D eigenvalue weighted by Gasteiger charge is 2.30. The number of likely N-dealkylation sites (tertiary alicyclic amines) is 1. The fourth-order valence-corrected chi connectivity index (χ4v) is 3.07. The molecule has 0 aliphatic carbocycles. The van der Waals surface area contributed by atoms with E-state index in [0.29, 0.717) is 5.92 Å². The van der Waals surface area contributed by atoms with E-state index in [9.17, 15) is 8.78 Å². The maximum absolute atomic E-state index is 12.1. The van der Waals surface area contributed by atoms with Crippen LogP contribution in [0.3, 0.4) is 0 Å². The van der Waals surface area contributed by atoms with Crippen LogP contribution < -0.4 is 4.74 Å². The van der Waals surface area contributed by atoms with Crippen molar-refractivity contribution in [2.75, 3.05) is 13.1 Å². The lowest BCUT2D eigenvalue weighted by Crippen LogP contribution is -2.44. The Kier molecular flexibility index (Phi) is 3.90. The van der Waals surface area contributed by atoms with Crippen LogP contribution >= 0.6 is 0 Å². The molecule has 6 heteroatoms. The number of H-pyrrole nitrogens is 1. The molecule has 1 aliphatic rings. The Morgan fingerprint density at radius 2 is 1.88 bits per heavy atom. The molecule has 0 radical (unpaired) electrons. The molecule has 4 nitrogen and oxygen atoms in total. The predicted octanol–water partition coefficient (Wildman–Crippen LogP) is 3.76. The third-order valence-corrected chi connectivity index (χ3v) is 4.31. The Labute approximate surface area is 138 Å². The van der Waals surface area contributed by atoms with Crippen LogP contribution in [0.4, 0.5) is 8.78 Å². The molecule has 0 spiro atoms. The zero-order chi connectivity index (χ0) is 16.5. The lowest BCUT2D eigenvalue weighted by atomic mass is 9.98. The summed E-state index contributed by atoms with van der Waals surface area (Å²) in [5.41, 5.74) is 3.15. The van der Waals surface area contributed by atoms with Crippen molar-refractivity contribution in [3.8, 4) is 5.75 Å². The van der Waals surface area contributed by atoms with Gasteiger partial charge in [-0.3, -0.25) is 4.90 Å². The van der Waals surface area contributed by atoms with Gasteiger partial charge in [-0.15, -0.1) is 0 Å². The maximum Gasteiger partial charge on any atom is 0.387 e. The number of nitrogens with one attached hydrogen (secondary N) is 1. The summed E-state index contributed by atoms with van der Waals surface area (Å²) in [6.07, 6.45) is 0. The minimum Gasteiger partial charge on any atom is -0.435 e. The van der Waals surface area contributed by atoms with Crippen LogP contribution in [0.2, 0.25) is 0 Å². The highest BCUT2D eigenvalue weighted by molar-refractivity contribution is 5.74. The number of alkyl halides is 2. The summed E-state index contributed by atoms with van der Waals surface area (Å²) in [6.45, 7) is -0.105. The van der Waals surface area contributed by atoms with Crippen molar-refractivity contribution in [2.24, 2.45) is 0 Å². The van der Waals surface area contributed by atoms with E-state index in [1.807, 2.05) is 36.4 Å². The highest BCUT2D eigenvalue weighted by atomic mass is 19.3. The molecule has 1 N–H and O–H groups in total. The van der Waals surface area contributed by atoms with Gasteiger partial charge in [0.15, 0.2) is 0 Å². The maximum atomic E-state index is 12.1. The number of fused-ring (bicyclic) bond motifs is 1. The van der Waals surface area contributed by atoms with E-state index in [-0.39, 0.29) is 5.75 Å². The van der Waals surface area contributed by atoms with Crippen molar-refractivity contribution in [1.82, 2.24) is 14.9 Å². The van der Waals surface area contributed by atoms with Crippen molar-refractivity contribution < 1.29 is 13.5 Å². The SMILES string of the molecule is FC(F)Oc1ccc(CN2CC(c3nc4ccccc4[nH]3)C2)cc1. The van der Waals surface area contributed by atoms with E-state index in [1.165, 1.54) is 0 Å². The predicted molar refractivity (Wildman–Crippen MR) is 87.2 cm³/mol.